The van der Waals surface area contributed by atoms with E-state index in [4.69, 9.17) is 0 Å². The molecule has 4 aliphatic carbocycles. The highest BCUT2D eigenvalue weighted by atomic mass is 15.1. The molecule has 11 rings (SSSR count). The molecule has 1 nitrogen and oxygen atoms in total. The summed E-state index contributed by atoms with van der Waals surface area (Å²) in [5.74, 6) is 4.63. The number of hydrogen-bond donors (Lipinski definition) is 0. The molecule has 280 valence electrons. The van der Waals surface area contributed by atoms with Crippen molar-refractivity contribution in [1.29, 1.82) is 0 Å². The van der Waals surface area contributed by atoms with Crippen molar-refractivity contribution >= 4 is 17.1 Å². The van der Waals surface area contributed by atoms with Crippen molar-refractivity contribution in [3.8, 4) is 44.5 Å². The Bertz CT molecular complexity index is 2560. The highest BCUT2D eigenvalue weighted by Crippen LogP contribution is 2.58. The number of para-hydroxylation sites is 1. The van der Waals surface area contributed by atoms with E-state index < -0.39 is 0 Å². The van der Waals surface area contributed by atoms with Gasteiger partial charge in [0.15, 0.2) is 0 Å². The Balaban J connectivity index is 0.946. The largest absolute Gasteiger partial charge is 0.310 e. The van der Waals surface area contributed by atoms with Crippen molar-refractivity contribution in [3.63, 3.8) is 0 Å². The van der Waals surface area contributed by atoms with E-state index in [1.54, 1.807) is 5.56 Å². The number of rotatable bonds is 7. The Morgan fingerprint density at radius 2 is 1.02 bits per heavy atom. The summed E-state index contributed by atoms with van der Waals surface area (Å²) in [7, 11) is 0. The van der Waals surface area contributed by atoms with Crippen LogP contribution in [0.3, 0.4) is 0 Å². The molecule has 0 spiro atoms. The summed E-state index contributed by atoms with van der Waals surface area (Å²) in [5.41, 5.74) is 17.9. The van der Waals surface area contributed by atoms with E-state index in [2.05, 4.69) is 189 Å². The van der Waals surface area contributed by atoms with Crippen LogP contribution in [0.5, 0.6) is 0 Å². The minimum absolute atomic E-state index is 0.156. The van der Waals surface area contributed by atoms with Gasteiger partial charge in [-0.25, -0.2) is 0 Å². The molecule has 57 heavy (non-hydrogen) atoms. The number of benzene rings is 7. The standard InChI is InChI=1S/C56H51N/c1-56(2)53-35-44(41-18-20-43(21-19-41)52-34-38-31-37-17-28-48(52)45(32-37)33-38)24-29-50(53)51-30-27-47(36-54(51)56)57(46-25-22-40(23-26-46)39-11-5-3-6-12-39)55-16-10-9-15-49(55)42-13-7-4-8-14-42/h3-16,18-27,29-30,35-38,45,48,52H,17,28,31-34H2,1-2H3. The Morgan fingerprint density at radius 3 is 1.79 bits per heavy atom. The molecule has 0 saturated heterocycles. The molecule has 1 heteroatoms. The topological polar surface area (TPSA) is 3.24 Å². The third-order valence-electron chi connectivity index (χ3n) is 14.6. The van der Waals surface area contributed by atoms with Crippen LogP contribution in [0.25, 0.3) is 44.5 Å². The second-order valence-corrected chi connectivity index (χ2v) is 18.2. The van der Waals surface area contributed by atoms with Gasteiger partial charge in [0, 0.05) is 22.4 Å². The molecule has 0 amide bonds. The molecule has 3 saturated carbocycles. The minimum Gasteiger partial charge on any atom is -0.310 e. The monoisotopic (exact) mass is 737 g/mol. The van der Waals surface area contributed by atoms with Gasteiger partial charge in [-0.3, -0.25) is 0 Å². The number of anilines is 3. The van der Waals surface area contributed by atoms with Gasteiger partial charge in [-0.15, -0.1) is 0 Å². The predicted octanol–water partition coefficient (Wildman–Crippen LogP) is 15.4. The van der Waals surface area contributed by atoms with E-state index in [1.165, 1.54) is 106 Å². The molecule has 5 unspecified atom stereocenters. The molecular weight excluding hydrogens is 687 g/mol. The van der Waals surface area contributed by atoms with E-state index in [9.17, 15) is 0 Å². The van der Waals surface area contributed by atoms with Gasteiger partial charge in [-0.2, -0.15) is 0 Å². The summed E-state index contributed by atoms with van der Waals surface area (Å²) >= 11 is 0. The lowest BCUT2D eigenvalue weighted by Crippen LogP contribution is -2.41. The lowest BCUT2D eigenvalue weighted by molar-refractivity contribution is 0.0152. The van der Waals surface area contributed by atoms with Gasteiger partial charge in [0.25, 0.3) is 0 Å². The summed E-state index contributed by atoms with van der Waals surface area (Å²) in [6, 6.07) is 63.6. The Hall–Kier alpha value is -5.66. The highest BCUT2D eigenvalue weighted by molar-refractivity contribution is 5.91. The van der Waals surface area contributed by atoms with Crippen molar-refractivity contribution in [3.05, 3.63) is 187 Å². The molecule has 3 fully saturated rings. The molecule has 7 aromatic rings. The fraction of sp³-hybridized carbons (Fsp3) is 0.250. The molecule has 7 aromatic carbocycles. The van der Waals surface area contributed by atoms with Crippen LogP contribution in [0.4, 0.5) is 17.1 Å². The van der Waals surface area contributed by atoms with E-state index in [1.807, 2.05) is 0 Å². The summed E-state index contributed by atoms with van der Waals surface area (Å²) in [6.07, 6.45) is 8.85. The molecule has 4 aliphatic rings. The first kappa shape index (κ1) is 34.6. The molecule has 0 aliphatic heterocycles. The number of nitrogens with zero attached hydrogens (tertiary/aromatic N) is 1. The van der Waals surface area contributed by atoms with Crippen molar-refractivity contribution in [2.45, 2.75) is 63.7 Å². The Morgan fingerprint density at radius 1 is 0.439 bits per heavy atom. The van der Waals surface area contributed by atoms with Gasteiger partial charge >= 0.3 is 0 Å². The summed E-state index contributed by atoms with van der Waals surface area (Å²) in [4.78, 5) is 2.45. The Kier molecular flexibility index (Phi) is 8.35. The van der Waals surface area contributed by atoms with Crippen LogP contribution < -0.4 is 4.90 Å². The van der Waals surface area contributed by atoms with Gasteiger partial charge < -0.3 is 4.90 Å². The van der Waals surface area contributed by atoms with E-state index >= 15 is 0 Å². The van der Waals surface area contributed by atoms with Crippen LogP contribution >= 0.6 is 0 Å². The minimum atomic E-state index is -0.156. The maximum absolute atomic E-state index is 2.49. The van der Waals surface area contributed by atoms with Crippen molar-refractivity contribution < 1.29 is 0 Å². The van der Waals surface area contributed by atoms with Gasteiger partial charge in [-0.05, 0) is 154 Å². The normalized spacial score (nSPS) is 22.5. The summed E-state index contributed by atoms with van der Waals surface area (Å²) in [6.45, 7) is 4.83. The molecule has 5 atom stereocenters. The molecule has 0 radical (unpaired) electrons. The molecular formula is C56H51N. The van der Waals surface area contributed by atoms with Crippen molar-refractivity contribution in [2.75, 3.05) is 4.90 Å². The smallest absolute Gasteiger partial charge is 0.0540 e. The zero-order chi connectivity index (χ0) is 38.1. The third kappa shape index (κ3) is 5.97. The molecule has 0 aromatic heterocycles. The van der Waals surface area contributed by atoms with Crippen LogP contribution in [-0.4, -0.2) is 0 Å². The van der Waals surface area contributed by atoms with E-state index in [0.717, 1.165) is 35.3 Å². The summed E-state index contributed by atoms with van der Waals surface area (Å²) in [5, 5.41) is 0. The fourth-order valence-electron chi connectivity index (χ4n) is 11.9. The molecule has 0 N–H and O–H groups in total. The van der Waals surface area contributed by atoms with E-state index in [-0.39, 0.29) is 5.41 Å². The highest BCUT2D eigenvalue weighted by Gasteiger charge is 2.46. The lowest BCUT2D eigenvalue weighted by atomic mass is 9.53. The van der Waals surface area contributed by atoms with Gasteiger partial charge in [0.05, 0.1) is 5.69 Å². The molecule has 3 bridgehead atoms. The van der Waals surface area contributed by atoms with Crippen molar-refractivity contribution in [1.82, 2.24) is 0 Å². The third-order valence-corrected chi connectivity index (χ3v) is 14.6. The molecule has 0 heterocycles. The first-order valence-electron chi connectivity index (χ1n) is 21.5. The Labute approximate surface area is 339 Å². The predicted molar refractivity (Wildman–Crippen MR) is 239 cm³/mol. The average molecular weight is 738 g/mol. The second-order valence-electron chi connectivity index (χ2n) is 18.2. The maximum Gasteiger partial charge on any atom is 0.0540 e. The first-order valence-corrected chi connectivity index (χ1v) is 21.5. The maximum atomic E-state index is 2.49. The quantitative estimate of drug-likeness (QED) is 0.157. The zero-order valence-electron chi connectivity index (χ0n) is 33.2. The van der Waals surface area contributed by atoms with Crippen LogP contribution in [-0.2, 0) is 5.41 Å². The fourth-order valence-corrected chi connectivity index (χ4v) is 11.9. The second kappa shape index (κ2) is 13.8. The first-order chi connectivity index (χ1) is 28.0. The van der Waals surface area contributed by atoms with Crippen LogP contribution in [0.15, 0.2) is 170 Å². The van der Waals surface area contributed by atoms with Gasteiger partial charge in [-0.1, -0.05) is 154 Å². The van der Waals surface area contributed by atoms with Crippen LogP contribution in [0.2, 0.25) is 0 Å². The van der Waals surface area contributed by atoms with Gasteiger partial charge in [0.2, 0.25) is 0 Å². The SMILES string of the molecule is CC1(C)c2cc(-c3ccc(C4CC5CC6CCC4C(C6)C5)cc3)ccc2-c2ccc(N(c3ccc(-c4ccccc4)cc3)c3ccccc3-c3ccccc3)cc21. The van der Waals surface area contributed by atoms with Gasteiger partial charge in [0.1, 0.15) is 0 Å². The van der Waals surface area contributed by atoms with Crippen LogP contribution in [0.1, 0.15) is 75.0 Å². The number of hydrogen-bond acceptors (Lipinski definition) is 1. The average Bonchev–Trinajstić information content (AvgIpc) is 3.48. The number of fused-ring (bicyclic) bond motifs is 5. The van der Waals surface area contributed by atoms with Crippen LogP contribution in [0, 0.1) is 23.7 Å². The van der Waals surface area contributed by atoms with E-state index in [0.29, 0.717) is 0 Å². The lowest BCUT2D eigenvalue weighted by Gasteiger charge is -2.52. The van der Waals surface area contributed by atoms with Crippen molar-refractivity contribution in [2.24, 2.45) is 23.7 Å². The zero-order valence-corrected chi connectivity index (χ0v) is 33.2. The summed E-state index contributed by atoms with van der Waals surface area (Å²) < 4.78 is 0.